The predicted molar refractivity (Wildman–Crippen MR) is 87.0 cm³/mol. The molecule has 0 radical (unpaired) electrons. The summed E-state index contributed by atoms with van der Waals surface area (Å²) in [5.41, 5.74) is 6.25. The summed E-state index contributed by atoms with van der Waals surface area (Å²) in [5.74, 6) is 0.585. The number of rotatable bonds is 6. The molecule has 0 spiro atoms. The summed E-state index contributed by atoms with van der Waals surface area (Å²) in [7, 11) is 0. The van der Waals surface area contributed by atoms with Gasteiger partial charge in [-0.3, -0.25) is 4.79 Å². The van der Waals surface area contributed by atoms with Crippen LogP contribution < -0.4 is 16.2 Å². The lowest BCUT2D eigenvalue weighted by atomic mass is 9.94. The summed E-state index contributed by atoms with van der Waals surface area (Å²) in [6.07, 6.45) is 7.04. The lowest BCUT2D eigenvalue weighted by molar-refractivity contribution is 0.395. The smallest absolute Gasteiger partial charge is 0.287 e. The highest BCUT2D eigenvalue weighted by Crippen LogP contribution is 2.27. The maximum atomic E-state index is 12.3. The summed E-state index contributed by atoms with van der Waals surface area (Å²) in [6.45, 7) is 5.28. The summed E-state index contributed by atoms with van der Waals surface area (Å²) >= 11 is 6.30. The molecule has 1 atom stereocenters. The van der Waals surface area contributed by atoms with Crippen LogP contribution in [0.3, 0.4) is 0 Å². The molecule has 2 heterocycles. The van der Waals surface area contributed by atoms with Gasteiger partial charge in [-0.25, -0.2) is 4.68 Å². The Morgan fingerprint density at radius 2 is 2.33 bits per heavy atom. The van der Waals surface area contributed by atoms with Gasteiger partial charge in [-0.1, -0.05) is 24.9 Å². The number of piperidine rings is 1. The monoisotopic (exact) mass is 312 g/mol. The van der Waals surface area contributed by atoms with Crippen molar-refractivity contribution in [1.82, 2.24) is 9.78 Å². The van der Waals surface area contributed by atoms with E-state index in [1.807, 2.05) is 0 Å². The number of hydrogen-bond acceptors (Lipinski definition) is 4. The topological polar surface area (TPSA) is 64.2 Å². The van der Waals surface area contributed by atoms with Crippen molar-refractivity contribution in [2.24, 2.45) is 11.7 Å². The lowest BCUT2D eigenvalue weighted by Gasteiger charge is -2.34. The van der Waals surface area contributed by atoms with Crippen molar-refractivity contribution in [1.29, 1.82) is 0 Å². The van der Waals surface area contributed by atoms with Gasteiger partial charge in [-0.2, -0.15) is 5.10 Å². The fraction of sp³-hybridized carbons (Fsp3) is 0.733. The van der Waals surface area contributed by atoms with Gasteiger partial charge < -0.3 is 10.6 Å². The van der Waals surface area contributed by atoms with Crippen molar-refractivity contribution < 1.29 is 0 Å². The first-order valence-electron chi connectivity index (χ1n) is 7.88. The first-order chi connectivity index (χ1) is 10.2. The molecule has 6 heteroatoms. The summed E-state index contributed by atoms with van der Waals surface area (Å²) in [5, 5.41) is 4.58. The van der Waals surface area contributed by atoms with E-state index in [1.165, 1.54) is 11.1 Å². The third kappa shape index (κ3) is 3.98. The summed E-state index contributed by atoms with van der Waals surface area (Å²) < 4.78 is 1.47. The van der Waals surface area contributed by atoms with E-state index in [-0.39, 0.29) is 5.56 Å². The second kappa shape index (κ2) is 7.80. The third-order valence-electron chi connectivity index (χ3n) is 4.12. The van der Waals surface area contributed by atoms with Crippen LogP contribution in [0.15, 0.2) is 11.0 Å². The zero-order valence-corrected chi connectivity index (χ0v) is 13.5. The van der Waals surface area contributed by atoms with Gasteiger partial charge in [-0.05, 0) is 38.1 Å². The van der Waals surface area contributed by atoms with Crippen LogP contribution in [0.25, 0.3) is 0 Å². The Morgan fingerprint density at radius 3 is 3.05 bits per heavy atom. The predicted octanol–water partition coefficient (Wildman–Crippen LogP) is 2.26. The Labute approximate surface area is 131 Å². The minimum atomic E-state index is -0.177. The fourth-order valence-electron chi connectivity index (χ4n) is 2.90. The van der Waals surface area contributed by atoms with E-state index in [9.17, 15) is 4.79 Å². The molecule has 0 aliphatic carbocycles. The first kappa shape index (κ1) is 16.3. The number of anilines is 1. The van der Waals surface area contributed by atoms with Gasteiger partial charge in [0.1, 0.15) is 5.02 Å². The molecule has 1 aliphatic rings. The molecule has 1 aromatic rings. The van der Waals surface area contributed by atoms with Crippen molar-refractivity contribution in [2.75, 3.05) is 24.5 Å². The molecular weight excluding hydrogens is 288 g/mol. The molecule has 1 unspecified atom stereocenters. The van der Waals surface area contributed by atoms with Crippen LogP contribution in [0, 0.1) is 5.92 Å². The molecule has 0 saturated carbocycles. The van der Waals surface area contributed by atoms with Crippen molar-refractivity contribution in [3.63, 3.8) is 0 Å². The molecule has 0 aromatic carbocycles. The number of nitrogens with two attached hydrogens (primary N) is 1. The fourth-order valence-corrected chi connectivity index (χ4v) is 3.17. The first-order valence-corrected chi connectivity index (χ1v) is 8.25. The second-order valence-corrected chi connectivity index (χ2v) is 6.14. The second-order valence-electron chi connectivity index (χ2n) is 5.76. The largest absolute Gasteiger partial charge is 0.369 e. The highest BCUT2D eigenvalue weighted by Gasteiger charge is 2.22. The molecule has 2 rings (SSSR count). The van der Waals surface area contributed by atoms with Crippen molar-refractivity contribution in [2.45, 2.75) is 45.6 Å². The van der Waals surface area contributed by atoms with Crippen LogP contribution in [0.4, 0.5) is 5.69 Å². The van der Waals surface area contributed by atoms with E-state index >= 15 is 0 Å². The van der Waals surface area contributed by atoms with Gasteiger partial charge >= 0.3 is 0 Å². The van der Waals surface area contributed by atoms with E-state index in [2.05, 4.69) is 16.9 Å². The Morgan fingerprint density at radius 1 is 1.52 bits per heavy atom. The molecular formula is C15H25ClN4O. The van der Waals surface area contributed by atoms with Crippen molar-refractivity contribution >= 4 is 17.3 Å². The van der Waals surface area contributed by atoms with Crippen LogP contribution in [0.5, 0.6) is 0 Å². The van der Waals surface area contributed by atoms with Gasteiger partial charge in [0.15, 0.2) is 0 Å². The van der Waals surface area contributed by atoms with Crippen LogP contribution in [0.1, 0.15) is 39.0 Å². The number of nitrogens with zero attached hydrogens (tertiary/aromatic N) is 3. The van der Waals surface area contributed by atoms with Gasteiger partial charge in [0.2, 0.25) is 0 Å². The zero-order chi connectivity index (χ0) is 15.2. The lowest BCUT2D eigenvalue weighted by Crippen LogP contribution is -2.38. The third-order valence-corrected chi connectivity index (χ3v) is 4.48. The quantitative estimate of drug-likeness (QED) is 0.875. The maximum Gasteiger partial charge on any atom is 0.287 e. The summed E-state index contributed by atoms with van der Waals surface area (Å²) in [6, 6.07) is 0. The number of hydrogen-bond donors (Lipinski definition) is 1. The Bertz CT molecular complexity index is 515. The minimum absolute atomic E-state index is 0.177. The molecule has 0 bridgehead atoms. The van der Waals surface area contributed by atoms with Crippen LogP contribution in [0.2, 0.25) is 5.02 Å². The SMILES string of the molecule is CCCCn1ncc(N2CCCC(CCN)C2)c(Cl)c1=O. The number of halogens is 1. The standard InChI is InChI=1S/C15H25ClN4O/c1-2-3-9-20-15(21)14(16)13(10-18-20)19-8-4-5-12(11-19)6-7-17/h10,12H,2-9,11,17H2,1H3. The Balaban J connectivity index is 2.16. The van der Waals surface area contributed by atoms with E-state index < -0.39 is 0 Å². The van der Waals surface area contributed by atoms with Crippen LogP contribution in [-0.4, -0.2) is 29.4 Å². The van der Waals surface area contributed by atoms with Crippen molar-refractivity contribution in [3.8, 4) is 0 Å². The van der Waals surface area contributed by atoms with E-state index in [0.29, 0.717) is 24.0 Å². The molecule has 21 heavy (non-hydrogen) atoms. The molecule has 1 saturated heterocycles. The molecule has 0 amide bonds. The van der Waals surface area contributed by atoms with Gasteiger partial charge in [0, 0.05) is 19.6 Å². The molecule has 1 aromatic heterocycles. The maximum absolute atomic E-state index is 12.3. The van der Waals surface area contributed by atoms with Gasteiger partial charge in [0.25, 0.3) is 5.56 Å². The number of aryl methyl sites for hydroxylation is 1. The highest BCUT2D eigenvalue weighted by atomic mass is 35.5. The molecule has 1 fully saturated rings. The molecule has 1 aliphatic heterocycles. The average molecular weight is 313 g/mol. The van der Waals surface area contributed by atoms with Crippen LogP contribution in [-0.2, 0) is 6.54 Å². The Kier molecular flexibility index (Phi) is 6.06. The van der Waals surface area contributed by atoms with Gasteiger partial charge in [0.05, 0.1) is 11.9 Å². The highest BCUT2D eigenvalue weighted by molar-refractivity contribution is 6.33. The Hall–Kier alpha value is -1.07. The van der Waals surface area contributed by atoms with Crippen molar-refractivity contribution in [3.05, 3.63) is 21.6 Å². The molecule has 5 nitrogen and oxygen atoms in total. The minimum Gasteiger partial charge on any atom is -0.369 e. The molecule has 118 valence electrons. The van der Waals surface area contributed by atoms with E-state index in [0.717, 1.165) is 44.5 Å². The van der Waals surface area contributed by atoms with E-state index in [4.69, 9.17) is 17.3 Å². The zero-order valence-electron chi connectivity index (χ0n) is 12.7. The molecule has 2 N–H and O–H groups in total. The van der Waals surface area contributed by atoms with Crippen LogP contribution >= 0.6 is 11.6 Å². The average Bonchev–Trinajstić information content (AvgIpc) is 2.49. The van der Waals surface area contributed by atoms with Gasteiger partial charge in [-0.15, -0.1) is 0 Å². The van der Waals surface area contributed by atoms with E-state index in [1.54, 1.807) is 6.20 Å². The number of aromatic nitrogens is 2. The number of unbranched alkanes of at least 4 members (excludes halogenated alkanes) is 1. The summed E-state index contributed by atoms with van der Waals surface area (Å²) in [4.78, 5) is 14.5. The normalized spacial score (nSPS) is 19.0.